The zero-order chi connectivity index (χ0) is 26.6. The standard InChI is InChI=1S/C29H34FN3O5/c1-33-24-12-11-21(15-27(34)31-16-19-8-4-5-9-23(19)30)38-26(24)17-37-25-13-10-20(14-22(25)29(33)36)32-28(35)18-6-2-3-7-18/h4-5,8-10,13-14,18,21,24,26H,2-3,6-7,11-12,15-17H2,1H3,(H,31,34)(H,32,35)/t21-,24-,26-/m1/s1. The van der Waals surface area contributed by atoms with Crippen molar-refractivity contribution in [3.63, 3.8) is 0 Å². The highest BCUT2D eigenvalue weighted by Gasteiger charge is 2.39. The third-order valence-electron chi connectivity index (χ3n) is 7.85. The van der Waals surface area contributed by atoms with Gasteiger partial charge in [0.2, 0.25) is 11.8 Å². The van der Waals surface area contributed by atoms with Gasteiger partial charge in [-0.15, -0.1) is 0 Å². The molecule has 0 radical (unpaired) electrons. The first-order valence-corrected chi connectivity index (χ1v) is 13.4. The molecule has 2 N–H and O–H groups in total. The van der Waals surface area contributed by atoms with Gasteiger partial charge in [0.15, 0.2) is 0 Å². The van der Waals surface area contributed by atoms with Crippen molar-refractivity contribution in [2.24, 2.45) is 5.92 Å². The summed E-state index contributed by atoms with van der Waals surface area (Å²) in [4.78, 5) is 40.2. The van der Waals surface area contributed by atoms with E-state index >= 15 is 0 Å². The van der Waals surface area contributed by atoms with Crippen molar-refractivity contribution < 1.29 is 28.2 Å². The number of anilines is 1. The van der Waals surface area contributed by atoms with Gasteiger partial charge >= 0.3 is 0 Å². The number of likely N-dealkylation sites (N-methyl/N-ethyl adjacent to an activating group) is 1. The van der Waals surface area contributed by atoms with Crippen molar-refractivity contribution in [2.75, 3.05) is 19.0 Å². The van der Waals surface area contributed by atoms with Gasteiger partial charge in [-0.1, -0.05) is 31.0 Å². The fourth-order valence-corrected chi connectivity index (χ4v) is 5.65. The molecular formula is C29H34FN3O5. The molecule has 1 saturated carbocycles. The van der Waals surface area contributed by atoms with Gasteiger partial charge in [0.25, 0.3) is 5.91 Å². The molecule has 3 aliphatic rings. The fourth-order valence-electron chi connectivity index (χ4n) is 5.65. The summed E-state index contributed by atoms with van der Waals surface area (Å²) in [6, 6.07) is 11.3. The Bertz CT molecular complexity index is 1200. The summed E-state index contributed by atoms with van der Waals surface area (Å²) in [6.45, 7) is 0.348. The van der Waals surface area contributed by atoms with Crippen molar-refractivity contribution in [1.82, 2.24) is 10.2 Å². The van der Waals surface area contributed by atoms with Crippen LogP contribution < -0.4 is 15.4 Å². The van der Waals surface area contributed by atoms with E-state index in [9.17, 15) is 18.8 Å². The highest BCUT2D eigenvalue weighted by atomic mass is 19.1. The fraction of sp³-hybridized carbons (Fsp3) is 0.483. The first kappa shape index (κ1) is 26.2. The summed E-state index contributed by atoms with van der Waals surface area (Å²) in [5.74, 6) is -0.303. The molecule has 3 atom stereocenters. The van der Waals surface area contributed by atoms with E-state index in [1.807, 2.05) is 0 Å². The molecule has 0 aromatic heterocycles. The quantitative estimate of drug-likeness (QED) is 0.596. The summed E-state index contributed by atoms with van der Waals surface area (Å²) < 4.78 is 26.1. The number of amides is 3. The van der Waals surface area contributed by atoms with Gasteiger partial charge < -0.3 is 25.0 Å². The second-order valence-electron chi connectivity index (χ2n) is 10.4. The minimum absolute atomic E-state index is 0.000238. The normalized spacial score (nSPS) is 23.5. The molecule has 1 saturated heterocycles. The van der Waals surface area contributed by atoms with E-state index in [1.54, 1.807) is 48.3 Å². The van der Waals surface area contributed by atoms with Crippen molar-refractivity contribution in [1.29, 1.82) is 0 Å². The van der Waals surface area contributed by atoms with Crippen LogP contribution in [0, 0.1) is 11.7 Å². The van der Waals surface area contributed by atoms with E-state index in [0.29, 0.717) is 35.4 Å². The predicted molar refractivity (Wildman–Crippen MR) is 139 cm³/mol. The van der Waals surface area contributed by atoms with E-state index in [0.717, 1.165) is 25.7 Å². The number of rotatable bonds is 6. The average Bonchev–Trinajstić information content (AvgIpc) is 3.46. The average molecular weight is 524 g/mol. The third kappa shape index (κ3) is 5.83. The molecule has 0 bridgehead atoms. The first-order valence-electron chi connectivity index (χ1n) is 13.4. The lowest BCUT2D eigenvalue weighted by molar-refractivity contribution is -0.134. The molecule has 202 valence electrons. The number of carbonyl (C=O) groups is 3. The molecule has 2 aromatic rings. The van der Waals surface area contributed by atoms with E-state index in [1.165, 1.54) is 6.07 Å². The maximum Gasteiger partial charge on any atom is 0.257 e. The van der Waals surface area contributed by atoms with Crippen LogP contribution in [0.3, 0.4) is 0 Å². The maximum atomic E-state index is 13.8. The second-order valence-corrected chi connectivity index (χ2v) is 10.4. The number of fused-ring (bicyclic) bond motifs is 2. The number of hydrogen-bond acceptors (Lipinski definition) is 5. The third-order valence-corrected chi connectivity index (χ3v) is 7.85. The van der Waals surface area contributed by atoms with Crippen LogP contribution in [0.2, 0.25) is 0 Å². The Morgan fingerprint density at radius 1 is 1.08 bits per heavy atom. The van der Waals surface area contributed by atoms with Gasteiger partial charge in [-0.3, -0.25) is 14.4 Å². The number of benzene rings is 2. The number of carbonyl (C=O) groups excluding carboxylic acids is 3. The van der Waals surface area contributed by atoms with Crippen molar-refractivity contribution in [3.8, 4) is 5.75 Å². The number of ether oxygens (including phenoxy) is 2. The summed E-state index contributed by atoms with van der Waals surface area (Å²) >= 11 is 0. The molecule has 2 aromatic carbocycles. The van der Waals surface area contributed by atoms with E-state index in [-0.39, 0.29) is 61.2 Å². The highest BCUT2D eigenvalue weighted by Crippen LogP contribution is 2.33. The molecule has 2 fully saturated rings. The van der Waals surface area contributed by atoms with Crippen LogP contribution in [0.25, 0.3) is 0 Å². The van der Waals surface area contributed by atoms with Gasteiger partial charge in [0.1, 0.15) is 24.3 Å². The zero-order valence-electron chi connectivity index (χ0n) is 21.6. The van der Waals surface area contributed by atoms with Crippen LogP contribution in [0.1, 0.15) is 60.9 Å². The highest BCUT2D eigenvalue weighted by molar-refractivity contribution is 6.00. The molecule has 38 heavy (non-hydrogen) atoms. The minimum Gasteiger partial charge on any atom is -0.490 e. The Kier molecular flexibility index (Phi) is 7.93. The van der Waals surface area contributed by atoms with Crippen LogP contribution in [-0.2, 0) is 20.9 Å². The smallest absolute Gasteiger partial charge is 0.257 e. The Morgan fingerprint density at radius 2 is 1.87 bits per heavy atom. The van der Waals surface area contributed by atoms with Gasteiger partial charge in [-0.2, -0.15) is 0 Å². The molecule has 0 spiro atoms. The van der Waals surface area contributed by atoms with E-state index in [2.05, 4.69) is 10.6 Å². The van der Waals surface area contributed by atoms with Gasteiger partial charge in [0, 0.05) is 30.8 Å². The number of halogens is 1. The van der Waals surface area contributed by atoms with Gasteiger partial charge in [-0.05, 0) is 49.9 Å². The molecule has 1 aliphatic carbocycles. The summed E-state index contributed by atoms with van der Waals surface area (Å²) in [7, 11) is 1.75. The largest absolute Gasteiger partial charge is 0.490 e. The monoisotopic (exact) mass is 523 g/mol. The Labute approximate surface area is 221 Å². The van der Waals surface area contributed by atoms with Crippen LogP contribution in [0.5, 0.6) is 5.75 Å². The zero-order valence-corrected chi connectivity index (χ0v) is 21.6. The Morgan fingerprint density at radius 3 is 2.66 bits per heavy atom. The van der Waals surface area contributed by atoms with Crippen LogP contribution in [0.4, 0.5) is 10.1 Å². The van der Waals surface area contributed by atoms with Crippen LogP contribution in [0.15, 0.2) is 42.5 Å². The lowest BCUT2D eigenvalue weighted by Crippen LogP contribution is -2.53. The maximum absolute atomic E-state index is 13.8. The Balaban J connectivity index is 1.20. The van der Waals surface area contributed by atoms with E-state index < -0.39 is 6.10 Å². The van der Waals surface area contributed by atoms with Crippen LogP contribution >= 0.6 is 0 Å². The molecule has 2 heterocycles. The predicted octanol–water partition coefficient (Wildman–Crippen LogP) is 4.04. The molecule has 3 amide bonds. The molecule has 0 unspecified atom stereocenters. The SMILES string of the molecule is CN1C(=O)c2cc(NC(=O)C3CCCC3)ccc2OC[C@H]2O[C@@H](CC(=O)NCc3ccccc3F)CC[C@H]21. The molecular weight excluding hydrogens is 489 g/mol. The molecule has 5 rings (SSSR count). The summed E-state index contributed by atoms with van der Waals surface area (Å²) in [6.07, 6.45) is 4.65. The Hall–Kier alpha value is -3.46. The number of hydrogen-bond donors (Lipinski definition) is 2. The topological polar surface area (TPSA) is 97.0 Å². The number of nitrogens with zero attached hydrogens (tertiary/aromatic N) is 1. The summed E-state index contributed by atoms with van der Waals surface area (Å²) in [5.41, 5.74) is 1.42. The van der Waals surface area contributed by atoms with Crippen molar-refractivity contribution >= 4 is 23.4 Å². The van der Waals surface area contributed by atoms with Crippen molar-refractivity contribution in [2.45, 2.75) is 69.7 Å². The van der Waals surface area contributed by atoms with Gasteiger partial charge in [0.05, 0.1) is 24.1 Å². The molecule has 9 heteroatoms. The lowest BCUT2D eigenvalue weighted by atomic mass is 9.94. The molecule has 2 aliphatic heterocycles. The number of nitrogens with one attached hydrogen (secondary N) is 2. The van der Waals surface area contributed by atoms with Crippen molar-refractivity contribution in [3.05, 3.63) is 59.4 Å². The lowest BCUT2D eigenvalue weighted by Gasteiger charge is -2.42. The minimum atomic E-state index is -0.392. The van der Waals surface area contributed by atoms with Crippen LogP contribution in [-0.4, -0.2) is 54.5 Å². The second kappa shape index (κ2) is 11.5. The van der Waals surface area contributed by atoms with E-state index in [4.69, 9.17) is 9.47 Å². The first-order chi connectivity index (χ1) is 18.4. The van der Waals surface area contributed by atoms with Gasteiger partial charge in [-0.25, -0.2) is 4.39 Å². The molecule has 8 nitrogen and oxygen atoms in total. The summed E-state index contributed by atoms with van der Waals surface area (Å²) in [5, 5.41) is 5.72.